The van der Waals surface area contributed by atoms with Gasteiger partial charge in [0.05, 0.1) is 0 Å². The molecule has 1 atom stereocenters. The van der Waals surface area contributed by atoms with Crippen molar-refractivity contribution in [2.24, 2.45) is 0 Å². The summed E-state index contributed by atoms with van der Waals surface area (Å²) < 4.78 is 25.3. The van der Waals surface area contributed by atoms with E-state index in [0.29, 0.717) is 0 Å². The normalized spacial score (nSPS) is 13.1. The number of imidazole rings is 1. The molecule has 2 rings (SSSR count). The summed E-state index contributed by atoms with van der Waals surface area (Å²) in [6.45, 7) is 0. The third kappa shape index (κ3) is 3.20. The van der Waals surface area contributed by atoms with Gasteiger partial charge in [-0.05, 0) is 12.1 Å². The van der Waals surface area contributed by atoms with Crippen LogP contribution in [0.25, 0.3) is 0 Å². The third-order valence-electron chi connectivity index (χ3n) is 3.07. The van der Waals surface area contributed by atoms with Crippen molar-refractivity contribution >= 4 is 33.2 Å². The molecule has 23 heavy (non-hydrogen) atoms. The van der Waals surface area contributed by atoms with E-state index in [4.69, 9.17) is 28.5 Å². The van der Waals surface area contributed by atoms with Crippen LogP contribution in [0.4, 0.5) is 0 Å². The first-order valence-corrected chi connectivity index (χ1v) is 8.44. The second-order valence-corrected chi connectivity index (χ2v) is 7.64. The number of aliphatic hydroxyl groups is 1. The summed E-state index contributed by atoms with van der Waals surface area (Å²) in [5.74, 6) is -0.142. The second kappa shape index (κ2) is 6.47. The predicted molar refractivity (Wildman–Crippen MR) is 84.7 cm³/mol. The Morgan fingerprint density at radius 3 is 2.39 bits per heavy atom. The highest BCUT2D eigenvalue weighted by Crippen LogP contribution is 2.33. The Bertz CT molecular complexity index is 867. The van der Waals surface area contributed by atoms with E-state index < -0.39 is 21.2 Å². The number of benzene rings is 1. The maximum absolute atomic E-state index is 12.2. The Labute approximate surface area is 143 Å². The van der Waals surface area contributed by atoms with Gasteiger partial charge in [-0.3, -0.25) is 0 Å². The highest BCUT2D eigenvalue weighted by Gasteiger charge is 2.29. The van der Waals surface area contributed by atoms with Crippen LogP contribution in [0.1, 0.15) is 23.2 Å². The van der Waals surface area contributed by atoms with Crippen LogP contribution in [0.15, 0.2) is 23.2 Å². The summed E-state index contributed by atoms with van der Waals surface area (Å²) in [7, 11) is -1.28. The summed E-state index contributed by atoms with van der Waals surface area (Å²) in [4.78, 5) is 6.32. The SMILES string of the molecule is CN(C)S(=O)(=O)c1[nH]c(C(O)c2c(Cl)cccc2Cl)nc1C#N. The Hall–Kier alpha value is -1.63. The standard InChI is InChI=1S/C13H12Cl2N4O3S/c1-19(2)23(21,22)13-9(6-16)17-12(18-13)11(20)10-7(14)4-3-5-8(10)15/h3-5,11,20H,1-2H3,(H,17,18). The molecule has 0 amide bonds. The van der Waals surface area contributed by atoms with Crippen molar-refractivity contribution < 1.29 is 13.5 Å². The minimum atomic E-state index is -3.92. The molecule has 1 aromatic heterocycles. The average molecular weight is 375 g/mol. The molecule has 0 spiro atoms. The van der Waals surface area contributed by atoms with Gasteiger partial charge in [0.15, 0.2) is 10.7 Å². The van der Waals surface area contributed by atoms with Crippen molar-refractivity contribution in [2.75, 3.05) is 14.1 Å². The molecule has 10 heteroatoms. The van der Waals surface area contributed by atoms with E-state index in [1.54, 1.807) is 12.1 Å². The fourth-order valence-corrected chi connectivity index (χ4v) is 3.40. The van der Waals surface area contributed by atoms with Gasteiger partial charge in [-0.15, -0.1) is 0 Å². The average Bonchev–Trinajstić information content (AvgIpc) is 2.91. The second-order valence-electron chi connectivity index (χ2n) is 4.74. The highest BCUT2D eigenvalue weighted by atomic mass is 35.5. The van der Waals surface area contributed by atoms with E-state index in [1.165, 1.54) is 26.2 Å². The van der Waals surface area contributed by atoms with Crippen LogP contribution in [-0.2, 0) is 10.0 Å². The summed E-state index contributed by atoms with van der Waals surface area (Å²) in [6, 6.07) is 6.34. The molecule has 122 valence electrons. The lowest BCUT2D eigenvalue weighted by Gasteiger charge is -2.12. The predicted octanol–water partition coefficient (Wildman–Crippen LogP) is 1.92. The lowest BCUT2D eigenvalue weighted by Crippen LogP contribution is -2.23. The Balaban J connectivity index is 2.59. The summed E-state index contributed by atoms with van der Waals surface area (Å²) in [5, 5.41) is 19.5. The Kier molecular flexibility index (Phi) is 4.98. The maximum Gasteiger partial charge on any atom is 0.261 e. The zero-order chi connectivity index (χ0) is 17.4. The molecule has 0 saturated heterocycles. The zero-order valence-corrected chi connectivity index (χ0v) is 14.4. The molecule has 1 heterocycles. The number of nitrogens with zero attached hydrogens (tertiary/aromatic N) is 3. The molecule has 0 aliphatic carbocycles. The van der Waals surface area contributed by atoms with Gasteiger partial charge in [-0.2, -0.15) is 5.26 Å². The summed E-state index contributed by atoms with van der Waals surface area (Å²) >= 11 is 12.0. The Morgan fingerprint density at radius 2 is 1.91 bits per heavy atom. The molecular weight excluding hydrogens is 363 g/mol. The molecule has 0 radical (unpaired) electrons. The van der Waals surface area contributed by atoms with Crippen molar-refractivity contribution in [3.63, 3.8) is 0 Å². The number of hydrogen-bond acceptors (Lipinski definition) is 5. The van der Waals surface area contributed by atoms with Crippen LogP contribution in [0.3, 0.4) is 0 Å². The van der Waals surface area contributed by atoms with Gasteiger partial charge in [0.2, 0.25) is 0 Å². The number of nitrogens with one attached hydrogen (secondary N) is 1. The van der Waals surface area contributed by atoms with Gasteiger partial charge >= 0.3 is 0 Å². The van der Waals surface area contributed by atoms with E-state index >= 15 is 0 Å². The number of hydrogen-bond donors (Lipinski definition) is 2. The maximum atomic E-state index is 12.2. The van der Waals surface area contributed by atoms with E-state index in [1.807, 2.05) is 0 Å². The highest BCUT2D eigenvalue weighted by molar-refractivity contribution is 7.89. The molecule has 2 N–H and O–H groups in total. The topological polar surface area (TPSA) is 110 Å². The molecule has 0 fully saturated rings. The van der Waals surface area contributed by atoms with Crippen molar-refractivity contribution in [1.29, 1.82) is 5.26 Å². The molecule has 0 bridgehead atoms. The smallest absolute Gasteiger partial charge is 0.261 e. The Morgan fingerprint density at radius 1 is 1.35 bits per heavy atom. The van der Waals surface area contributed by atoms with Crippen molar-refractivity contribution in [3.05, 3.63) is 45.3 Å². The van der Waals surface area contributed by atoms with Crippen LogP contribution >= 0.6 is 23.2 Å². The molecule has 1 unspecified atom stereocenters. The fourth-order valence-electron chi connectivity index (χ4n) is 1.86. The van der Waals surface area contributed by atoms with Crippen molar-refractivity contribution in [1.82, 2.24) is 14.3 Å². The first-order chi connectivity index (χ1) is 10.7. The van der Waals surface area contributed by atoms with Crippen LogP contribution in [0.2, 0.25) is 10.0 Å². The van der Waals surface area contributed by atoms with Crippen molar-refractivity contribution in [3.8, 4) is 6.07 Å². The monoisotopic (exact) mass is 374 g/mol. The quantitative estimate of drug-likeness (QED) is 0.848. The molecular formula is C13H12Cl2N4O3S. The molecule has 0 aliphatic rings. The van der Waals surface area contributed by atoms with E-state index in [9.17, 15) is 13.5 Å². The van der Waals surface area contributed by atoms with Crippen LogP contribution in [0, 0.1) is 11.3 Å². The summed E-state index contributed by atoms with van der Waals surface area (Å²) in [5.41, 5.74) is -0.182. The number of halogens is 2. The zero-order valence-electron chi connectivity index (χ0n) is 12.1. The number of rotatable bonds is 4. The number of H-pyrrole nitrogens is 1. The molecule has 7 nitrogen and oxygen atoms in total. The van der Waals surface area contributed by atoms with Gasteiger partial charge in [0.1, 0.15) is 18.0 Å². The summed E-state index contributed by atoms with van der Waals surface area (Å²) in [6.07, 6.45) is -1.41. The van der Waals surface area contributed by atoms with E-state index in [2.05, 4.69) is 9.97 Å². The van der Waals surface area contributed by atoms with Gasteiger partial charge in [-0.25, -0.2) is 17.7 Å². The fraction of sp³-hybridized carbons (Fsp3) is 0.231. The number of sulfonamides is 1. The van der Waals surface area contributed by atoms with Crippen molar-refractivity contribution in [2.45, 2.75) is 11.1 Å². The number of nitriles is 1. The number of aromatic nitrogens is 2. The van der Waals surface area contributed by atoms with E-state index in [0.717, 1.165) is 4.31 Å². The number of aromatic amines is 1. The van der Waals surface area contributed by atoms with Crippen LogP contribution in [0.5, 0.6) is 0 Å². The molecule has 0 aliphatic heterocycles. The third-order valence-corrected chi connectivity index (χ3v) is 5.50. The van der Waals surface area contributed by atoms with Gasteiger partial charge in [0.25, 0.3) is 10.0 Å². The minimum absolute atomic E-state index is 0.142. The molecule has 2 aromatic rings. The van der Waals surface area contributed by atoms with E-state index in [-0.39, 0.29) is 27.1 Å². The first-order valence-electron chi connectivity index (χ1n) is 6.24. The van der Waals surface area contributed by atoms with Gasteiger partial charge in [0, 0.05) is 29.7 Å². The lowest BCUT2D eigenvalue weighted by atomic mass is 10.1. The molecule has 0 saturated carbocycles. The molecule has 1 aromatic carbocycles. The first kappa shape index (κ1) is 17.7. The van der Waals surface area contributed by atoms with Crippen LogP contribution in [-0.4, -0.2) is 41.9 Å². The van der Waals surface area contributed by atoms with Gasteiger partial charge < -0.3 is 10.1 Å². The largest absolute Gasteiger partial charge is 0.380 e. The number of aliphatic hydroxyl groups excluding tert-OH is 1. The van der Waals surface area contributed by atoms with Crippen LogP contribution < -0.4 is 0 Å². The van der Waals surface area contributed by atoms with Gasteiger partial charge in [-0.1, -0.05) is 29.3 Å². The minimum Gasteiger partial charge on any atom is -0.380 e. The lowest BCUT2D eigenvalue weighted by molar-refractivity contribution is 0.210.